The zero-order valence-corrected chi connectivity index (χ0v) is 20.7. The third kappa shape index (κ3) is 6.79. The molecule has 0 unspecified atom stereocenters. The summed E-state index contributed by atoms with van der Waals surface area (Å²) < 4.78 is 61.5. The van der Waals surface area contributed by atoms with Crippen molar-refractivity contribution in [1.82, 2.24) is 9.55 Å². The Hall–Kier alpha value is -3.60. The second kappa shape index (κ2) is 11.6. The van der Waals surface area contributed by atoms with Crippen molar-refractivity contribution in [3.05, 3.63) is 76.1 Å². The minimum atomic E-state index is -4.76. The van der Waals surface area contributed by atoms with E-state index in [4.69, 9.17) is 21.4 Å². The number of amides is 1. The van der Waals surface area contributed by atoms with E-state index in [0.717, 1.165) is 18.2 Å². The van der Waals surface area contributed by atoms with Gasteiger partial charge in [-0.25, -0.2) is 4.98 Å². The summed E-state index contributed by atoms with van der Waals surface area (Å²) in [7, 11) is 0. The molecule has 0 aliphatic heterocycles. The molecular formula is C25H24ClF4N3O4. The van der Waals surface area contributed by atoms with E-state index in [-0.39, 0.29) is 34.7 Å². The number of halogens is 5. The highest BCUT2D eigenvalue weighted by atomic mass is 35.5. The number of aliphatic carboxylic acids is 1. The van der Waals surface area contributed by atoms with Crippen molar-refractivity contribution in [3.8, 4) is 5.75 Å². The molecule has 37 heavy (non-hydrogen) atoms. The van der Waals surface area contributed by atoms with E-state index in [0.29, 0.717) is 18.5 Å². The van der Waals surface area contributed by atoms with Crippen LogP contribution in [-0.4, -0.2) is 33.1 Å². The number of carbonyl (C=O) groups excluding carboxylic acids is 1. The van der Waals surface area contributed by atoms with Gasteiger partial charge in [-0.2, -0.15) is 17.6 Å². The Morgan fingerprint density at radius 2 is 1.95 bits per heavy atom. The van der Waals surface area contributed by atoms with Gasteiger partial charge in [0.25, 0.3) is 5.91 Å². The molecule has 2 N–H and O–H groups in total. The molecule has 1 atom stereocenters. The second-order valence-corrected chi connectivity index (χ2v) is 8.63. The SMILES string of the molecule is CC[C@H](C)n1c(CCOc2ccnc(F)c2Cl)ccc1C(=O)Nc1cc(CC(=O)O)ccc1C(F)(F)F. The smallest absolute Gasteiger partial charge is 0.418 e. The molecule has 0 aliphatic carbocycles. The molecule has 0 bridgehead atoms. The molecule has 1 aromatic carbocycles. The number of benzene rings is 1. The van der Waals surface area contributed by atoms with Gasteiger partial charge in [-0.1, -0.05) is 24.6 Å². The van der Waals surface area contributed by atoms with Crippen molar-refractivity contribution >= 4 is 29.2 Å². The number of hydrogen-bond acceptors (Lipinski definition) is 4. The van der Waals surface area contributed by atoms with Crippen LogP contribution in [0, 0.1) is 5.95 Å². The molecule has 0 saturated carbocycles. The van der Waals surface area contributed by atoms with Gasteiger partial charge in [0.15, 0.2) is 0 Å². The number of nitrogens with one attached hydrogen (secondary N) is 1. The monoisotopic (exact) mass is 541 g/mol. The van der Waals surface area contributed by atoms with Crippen molar-refractivity contribution in [2.24, 2.45) is 0 Å². The summed E-state index contributed by atoms with van der Waals surface area (Å²) in [6.07, 6.45) is -3.15. The topological polar surface area (TPSA) is 93.5 Å². The summed E-state index contributed by atoms with van der Waals surface area (Å²) in [5.41, 5.74) is -0.730. The van der Waals surface area contributed by atoms with Crippen LogP contribution in [0.2, 0.25) is 5.02 Å². The maximum Gasteiger partial charge on any atom is 0.418 e. The Balaban J connectivity index is 1.87. The molecule has 3 aromatic rings. The summed E-state index contributed by atoms with van der Waals surface area (Å²) in [6, 6.07) is 7.19. The third-order valence-corrected chi connectivity index (χ3v) is 6.03. The van der Waals surface area contributed by atoms with Crippen molar-refractivity contribution in [2.45, 2.75) is 45.3 Å². The minimum Gasteiger partial charge on any atom is -0.491 e. The number of ether oxygens (including phenoxy) is 1. The molecule has 7 nitrogen and oxygen atoms in total. The van der Waals surface area contributed by atoms with Crippen LogP contribution in [0.4, 0.5) is 23.2 Å². The van der Waals surface area contributed by atoms with E-state index < -0.39 is 41.7 Å². The number of carbonyl (C=O) groups is 2. The van der Waals surface area contributed by atoms with E-state index in [1.54, 1.807) is 10.6 Å². The van der Waals surface area contributed by atoms with Crippen LogP contribution >= 0.6 is 11.6 Å². The first-order valence-corrected chi connectivity index (χ1v) is 11.7. The lowest BCUT2D eigenvalue weighted by Gasteiger charge is -2.20. The van der Waals surface area contributed by atoms with Gasteiger partial charge in [0.2, 0.25) is 5.95 Å². The largest absolute Gasteiger partial charge is 0.491 e. The highest BCUT2D eigenvalue weighted by Gasteiger charge is 2.34. The van der Waals surface area contributed by atoms with E-state index in [2.05, 4.69) is 10.3 Å². The van der Waals surface area contributed by atoms with Crippen LogP contribution in [0.3, 0.4) is 0 Å². The fourth-order valence-corrected chi connectivity index (χ4v) is 3.94. The molecule has 198 valence electrons. The van der Waals surface area contributed by atoms with E-state index in [9.17, 15) is 27.2 Å². The van der Waals surface area contributed by atoms with Crippen LogP contribution in [0.1, 0.15) is 53.6 Å². The zero-order valence-electron chi connectivity index (χ0n) is 19.9. The Morgan fingerprint density at radius 3 is 2.59 bits per heavy atom. The highest BCUT2D eigenvalue weighted by molar-refractivity contribution is 6.32. The van der Waals surface area contributed by atoms with Gasteiger partial charge in [0.05, 0.1) is 24.3 Å². The molecule has 0 spiro atoms. The third-order valence-electron chi connectivity index (χ3n) is 5.69. The molecule has 2 aromatic heterocycles. The first kappa shape index (κ1) is 28.0. The predicted octanol–water partition coefficient (Wildman–Crippen LogP) is 6.17. The first-order valence-electron chi connectivity index (χ1n) is 11.3. The second-order valence-electron chi connectivity index (χ2n) is 8.25. The van der Waals surface area contributed by atoms with Crippen molar-refractivity contribution in [2.75, 3.05) is 11.9 Å². The molecule has 3 rings (SSSR count). The molecule has 1 amide bonds. The van der Waals surface area contributed by atoms with Gasteiger partial charge in [-0.05, 0) is 43.2 Å². The van der Waals surface area contributed by atoms with Crippen molar-refractivity contribution in [3.63, 3.8) is 0 Å². The van der Waals surface area contributed by atoms with Crippen LogP contribution in [0.5, 0.6) is 5.75 Å². The van der Waals surface area contributed by atoms with Gasteiger partial charge in [0.1, 0.15) is 16.5 Å². The molecule has 2 heterocycles. The summed E-state index contributed by atoms with van der Waals surface area (Å²) >= 11 is 5.85. The minimum absolute atomic E-state index is 0.0835. The Morgan fingerprint density at radius 1 is 1.22 bits per heavy atom. The molecule has 0 fully saturated rings. The lowest BCUT2D eigenvalue weighted by atomic mass is 10.1. The lowest BCUT2D eigenvalue weighted by Crippen LogP contribution is -2.22. The maximum absolute atomic E-state index is 13.6. The summed E-state index contributed by atoms with van der Waals surface area (Å²) in [4.78, 5) is 27.6. The predicted molar refractivity (Wildman–Crippen MR) is 129 cm³/mol. The van der Waals surface area contributed by atoms with Gasteiger partial charge in [-0.15, -0.1) is 0 Å². The van der Waals surface area contributed by atoms with Crippen molar-refractivity contribution in [1.29, 1.82) is 0 Å². The Labute approximate surface area is 215 Å². The standard InChI is InChI=1S/C25H24ClF4N3O4/c1-3-14(2)33-16(9-11-37-20-8-10-31-23(27)22(20)26)5-7-19(33)24(36)32-18-12-15(13-21(34)35)4-6-17(18)25(28,29)30/h4-8,10,12,14H,3,9,11,13H2,1-2H3,(H,32,36)(H,34,35)/t14-/m0/s1. The number of aromatic nitrogens is 2. The first-order chi connectivity index (χ1) is 17.4. The number of alkyl halides is 3. The van der Waals surface area contributed by atoms with Crippen molar-refractivity contribution < 1.29 is 37.0 Å². The number of pyridine rings is 1. The molecular weight excluding hydrogens is 518 g/mol. The quantitative estimate of drug-likeness (QED) is 0.237. The number of carboxylic acid groups (broad SMARTS) is 1. The van der Waals surface area contributed by atoms with Crippen LogP contribution in [0.25, 0.3) is 0 Å². The van der Waals surface area contributed by atoms with Crippen LogP contribution in [-0.2, 0) is 23.8 Å². The molecule has 12 heteroatoms. The summed E-state index contributed by atoms with van der Waals surface area (Å²) in [6.45, 7) is 3.83. The van der Waals surface area contributed by atoms with E-state index in [1.165, 1.54) is 18.3 Å². The number of hydrogen-bond donors (Lipinski definition) is 2. The van der Waals surface area contributed by atoms with E-state index in [1.807, 2.05) is 13.8 Å². The summed E-state index contributed by atoms with van der Waals surface area (Å²) in [5, 5.41) is 11.0. The normalized spacial score (nSPS) is 12.3. The molecule has 0 saturated heterocycles. The summed E-state index contributed by atoms with van der Waals surface area (Å²) in [5.74, 6) is -2.77. The fourth-order valence-electron chi connectivity index (χ4n) is 3.77. The number of rotatable bonds is 10. The van der Waals surface area contributed by atoms with Gasteiger partial charge >= 0.3 is 12.1 Å². The number of carboxylic acids is 1. The average molecular weight is 542 g/mol. The highest BCUT2D eigenvalue weighted by Crippen LogP contribution is 2.36. The molecule has 0 aliphatic rings. The fraction of sp³-hybridized carbons (Fsp3) is 0.320. The Bertz CT molecular complexity index is 1290. The van der Waals surface area contributed by atoms with Crippen LogP contribution < -0.4 is 10.1 Å². The molecule has 0 radical (unpaired) electrons. The maximum atomic E-state index is 13.6. The van der Waals surface area contributed by atoms with Crippen LogP contribution in [0.15, 0.2) is 42.6 Å². The Kier molecular flexibility index (Phi) is 8.80. The lowest BCUT2D eigenvalue weighted by molar-refractivity contribution is -0.137. The number of nitrogens with zero attached hydrogens (tertiary/aromatic N) is 2. The average Bonchev–Trinajstić information content (AvgIpc) is 3.24. The zero-order chi connectivity index (χ0) is 27.3. The number of anilines is 1. The van der Waals surface area contributed by atoms with Gasteiger partial charge in [-0.3, -0.25) is 9.59 Å². The van der Waals surface area contributed by atoms with E-state index >= 15 is 0 Å². The van der Waals surface area contributed by atoms with Gasteiger partial charge < -0.3 is 19.7 Å². The van der Waals surface area contributed by atoms with Gasteiger partial charge in [0, 0.05) is 30.4 Å².